The van der Waals surface area contributed by atoms with E-state index in [1.54, 1.807) is 18.5 Å². The van der Waals surface area contributed by atoms with Crippen molar-refractivity contribution >= 4 is 17.3 Å². The van der Waals surface area contributed by atoms with Crippen molar-refractivity contribution in [3.05, 3.63) is 69.0 Å². The van der Waals surface area contributed by atoms with Crippen LogP contribution >= 0.6 is 11.6 Å². The van der Waals surface area contributed by atoms with Crippen molar-refractivity contribution in [2.24, 2.45) is 0 Å². The predicted molar refractivity (Wildman–Crippen MR) is 72.9 cm³/mol. The monoisotopic (exact) mass is 277 g/mol. The SMILES string of the molecule is O=[N+]([O-])c1ccc(Cl)cc1CNCc1cccnc1. The number of benzene rings is 1. The third-order valence-corrected chi connectivity index (χ3v) is 2.84. The second-order valence-electron chi connectivity index (χ2n) is 3.99. The smallest absolute Gasteiger partial charge is 0.273 e. The highest BCUT2D eigenvalue weighted by atomic mass is 35.5. The van der Waals surface area contributed by atoms with E-state index < -0.39 is 4.92 Å². The minimum atomic E-state index is -0.405. The van der Waals surface area contributed by atoms with Gasteiger partial charge in [0.25, 0.3) is 5.69 Å². The van der Waals surface area contributed by atoms with E-state index >= 15 is 0 Å². The van der Waals surface area contributed by atoms with Gasteiger partial charge in [0, 0.05) is 42.1 Å². The van der Waals surface area contributed by atoms with Crippen LogP contribution in [0.1, 0.15) is 11.1 Å². The molecule has 5 nitrogen and oxygen atoms in total. The summed E-state index contributed by atoms with van der Waals surface area (Å²) in [7, 11) is 0. The van der Waals surface area contributed by atoms with Crippen LogP contribution < -0.4 is 5.32 Å². The second kappa shape index (κ2) is 6.26. The van der Waals surface area contributed by atoms with Crippen LogP contribution in [0.3, 0.4) is 0 Å². The standard InChI is InChI=1S/C13H12ClN3O2/c14-12-3-4-13(17(18)19)11(6-12)9-16-8-10-2-1-5-15-7-10/h1-7,16H,8-9H2. The highest BCUT2D eigenvalue weighted by Crippen LogP contribution is 2.22. The van der Waals surface area contributed by atoms with Crippen LogP contribution in [-0.2, 0) is 13.1 Å². The molecule has 1 heterocycles. The largest absolute Gasteiger partial charge is 0.308 e. The lowest BCUT2D eigenvalue weighted by Crippen LogP contribution is -2.14. The molecule has 2 rings (SSSR count). The average molecular weight is 278 g/mol. The summed E-state index contributed by atoms with van der Waals surface area (Å²) in [6.07, 6.45) is 3.45. The molecule has 0 saturated carbocycles. The predicted octanol–water partition coefficient (Wildman–Crippen LogP) is 2.93. The lowest BCUT2D eigenvalue weighted by atomic mass is 10.1. The van der Waals surface area contributed by atoms with Crippen LogP contribution in [0.25, 0.3) is 0 Å². The Morgan fingerprint density at radius 3 is 2.84 bits per heavy atom. The molecule has 0 aliphatic carbocycles. The molecular formula is C13H12ClN3O2. The topological polar surface area (TPSA) is 68.1 Å². The average Bonchev–Trinajstić information content (AvgIpc) is 2.39. The zero-order chi connectivity index (χ0) is 13.7. The van der Waals surface area contributed by atoms with Gasteiger partial charge in [-0.2, -0.15) is 0 Å². The normalized spacial score (nSPS) is 10.4. The summed E-state index contributed by atoms with van der Waals surface area (Å²) in [5.41, 5.74) is 1.66. The zero-order valence-corrected chi connectivity index (χ0v) is 10.8. The van der Waals surface area contributed by atoms with Crippen molar-refractivity contribution < 1.29 is 4.92 Å². The number of nitrogens with one attached hydrogen (secondary N) is 1. The van der Waals surface area contributed by atoms with Crippen LogP contribution in [0.5, 0.6) is 0 Å². The molecule has 0 bridgehead atoms. The summed E-state index contributed by atoms with van der Waals surface area (Å²) in [4.78, 5) is 14.5. The van der Waals surface area contributed by atoms with Gasteiger partial charge in [0.05, 0.1) is 4.92 Å². The van der Waals surface area contributed by atoms with E-state index in [1.807, 2.05) is 12.1 Å². The lowest BCUT2D eigenvalue weighted by molar-refractivity contribution is -0.385. The summed E-state index contributed by atoms with van der Waals surface area (Å²) < 4.78 is 0. The highest BCUT2D eigenvalue weighted by molar-refractivity contribution is 6.30. The fourth-order valence-corrected chi connectivity index (χ4v) is 1.91. The molecule has 1 aromatic heterocycles. The molecule has 19 heavy (non-hydrogen) atoms. The number of nitro benzene ring substituents is 1. The minimum absolute atomic E-state index is 0.0723. The molecule has 0 fully saturated rings. The summed E-state index contributed by atoms with van der Waals surface area (Å²) in [6.45, 7) is 0.975. The van der Waals surface area contributed by atoms with Gasteiger partial charge in [0.1, 0.15) is 0 Å². The number of rotatable bonds is 5. The number of nitro groups is 1. The fraction of sp³-hybridized carbons (Fsp3) is 0.154. The first-order chi connectivity index (χ1) is 9.16. The Morgan fingerprint density at radius 1 is 1.32 bits per heavy atom. The number of pyridine rings is 1. The first kappa shape index (κ1) is 13.5. The van der Waals surface area contributed by atoms with E-state index in [4.69, 9.17) is 11.6 Å². The van der Waals surface area contributed by atoms with E-state index in [9.17, 15) is 10.1 Å². The van der Waals surface area contributed by atoms with E-state index in [2.05, 4.69) is 10.3 Å². The maximum absolute atomic E-state index is 10.9. The Balaban J connectivity index is 2.03. The molecule has 1 aromatic carbocycles. The second-order valence-corrected chi connectivity index (χ2v) is 4.43. The van der Waals surface area contributed by atoms with Gasteiger partial charge in [-0.3, -0.25) is 15.1 Å². The molecule has 0 saturated heterocycles. The van der Waals surface area contributed by atoms with Gasteiger partial charge in [-0.1, -0.05) is 17.7 Å². The molecule has 2 aromatic rings. The van der Waals surface area contributed by atoms with Crippen LogP contribution in [0, 0.1) is 10.1 Å². The molecule has 0 atom stereocenters. The molecule has 0 aliphatic rings. The third kappa shape index (κ3) is 3.74. The Kier molecular flexibility index (Phi) is 4.43. The quantitative estimate of drug-likeness (QED) is 0.674. The first-order valence-corrected chi connectivity index (χ1v) is 6.07. The van der Waals surface area contributed by atoms with E-state index in [0.29, 0.717) is 23.7 Å². The number of nitrogens with zero attached hydrogens (tertiary/aromatic N) is 2. The van der Waals surface area contributed by atoms with Crippen LogP contribution in [0.4, 0.5) is 5.69 Å². The first-order valence-electron chi connectivity index (χ1n) is 5.69. The lowest BCUT2D eigenvalue weighted by Gasteiger charge is -2.06. The van der Waals surface area contributed by atoms with Gasteiger partial charge < -0.3 is 5.32 Å². The van der Waals surface area contributed by atoms with Gasteiger partial charge in [-0.05, 0) is 23.8 Å². The third-order valence-electron chi connectivity index (χ3n) is 2.61. The van der Waals surface area contributed by atoms with Gasteiger partial charge in [-0.15, -0.1) is 0 Å². The fourth-order valence-electron chi connectivity index (χ4n) is 1.72. The molecule has 0 unspecified atom stereocenters. The summed E-state index contributed by atoms with van der Waals surface area (Å²) in [5.74, 6) is 0. The van der Waals surface area contributed by atoms with E-state index in [0.717, 1.165) is 5.56 Å². The molecule has 0 spiro atoms. The molecule has 0 amide bonds. The zero-order valence-electron chi connectivity index (χ0n) is 10.0. The maximum Gasteiger partial charge on any atom is 0.273 e. The van der Waals surface area contributed by atoms with E-state index in [-0.39, 0.29) is 5.69 Å². The maximum atomic E-state index is 10.9. The minimum Gasteiger partial charge on any atom is -0.308 e. The number of hydrogen-bond acceptors (Lipinski definition) is 4. The van der Waals surface area contributed by atoms with E-state index in [1.165, 1.54) is 12.1 Å². The molecular weight excluding hydrogens is 266 g/mol. The summed E-state index contributed by atoms with van der Waals surface area (Å²) in [6, 6.07) is 8.33. The summed E-state index contributed by atoms with van der Waals surface area (Å²) >= 11 is 5.86. The summed E-state index contributed by atoms with van der Waals surface area (Å²) in [5, 5.41) is 14.5. The molecule has 0 aliphatic heterocycles. The molecule has 1 N–H and O–H groups in total. The van der Waals surface area contributed by atoms with Crippen molar-refractivity contribution in [3.8, 4) is 0 Å². The van der Waals surface area contributed by atoms with Crippen molar-refractivity contribution in [1.82, 2.24) is 10.3 Å². The molecule has 0 radical (unpaired) electrons. The Bertz CT molecular complexity index is 575. The van der Waals surface area contributed by atoms with Crippen molar-refractivity contribution in [3.63, 3.8) is 0 Å². The van der Waals surface area contributed by atoms with Crippen LogP contribution in [0.15, 0.2) is 42.7 Å². The van der Waals surface area contributed by atoms with Gasteiger partial charge in [0.15, 0.2) is 0 Å². The number of halogens is 1. The van der Waals surface area contributed by atoms with Crippen molar-refractivity contribution in [1.29, 1.82) is 0 Å². The van der Waals surface area contributed by atoms with Crippen LogP contribution in [-0.4, -0.2) is 9.91 Å². The Labute approximate surface area is 115 Å². The molecule has 6 heteroatoms. The van der Waals surface area contributed by atoms with Gasteiger partial charge in [0.2, 0.25) is 0 Å². The van der Waals surface area contributed by atoms with Crippen molar-refractivity contribution in [2.75, 3.05) is 0 Å². The Hall–Kier alpha value is -1.98. The molecule has 98 valence electrons. The number of aromatic nitrogens is 1. The Morgan fingerprint density at radius 2 is 2.16 bits per heavy atom. The highest BCUT2D eigenvalue weighted by Gasteiger charge is 2.13. The van der Waals surface area contributed by atoms with Crippen LogP contribution in [0.2, 0.25) is 5.02 Å². The van der Waals surface area contributed by atoms with Gasteiger partial charge >= 0.3 is 0 Å². The number of hydrogen-bond donors (Lipinski definition) is 1. The van der Waals surface area contributed by atoms with Crippen molar-refractivity contribution in [2.45, 2.75) is 13.1 Å². The van der Waals surface area contributed by atoms with Gasteiger partial charge in [-0.25, -0.2) is 0 Å².